The van der Waals surface area contributed by atoms with Crippen LogP contribution in [0.1, 0.15) is 55.2 Å². The second-order valence-corrected chi connectivity index (χ2v) is 6.20. The third-order valence-corrected chi connectivity index (χ3v) is 4.50. The number of carboxylic acids is 1. The van der Waals surface area contributed by atoms with Crippen LogP contribution in [0.5, 0.6) is 0 Å². The second-order valence-electron chi connectivity index (χ2n) is 6.20. The molecule has 0 spiro atoms. The monoisotopic (exact) mass is 288 g/mol. The van der Waals surface area contributed by atoms with E-state index >= 15 is 0 Å². The van der Waals surface area contributed by atoms with Crippen molar-refractivity contribution in [3.63, 3.8) is 0 Å². The molecule has 1 aliphatic rings. The minimum Gasteiger partial charge on any atom is -0.478 e. The summed E-state index contributed by atoms with van der Waals surface area (Å²) in [6.07, 6.45) is 2.90. The molecule has 1 aromatic carbocycles. The fourth-order valence-corrected chi connectivity index (χ4v) is 3.15. The summed E-state index contributed by atoms with van der Waals surface area (Å²) in [5.41, 5.74) is 1.55. The zero-order valence-corrected chi connectivity index (χ0v) is 12.3. The molecular formula is C16H20N2O3. The lowest BCUT2D eigenvalue weighted by molar-refractivity contribution is 0.0556. The van der Waals surface area contributed by atoms with E-state index < -0.39 is 5.97 Å². The quantitative estimate of drug-likeness (QED) is 0.907. The molecule has 0 bridgehead atoms. The zero-order valence-electron chi connectivity index (χ0n) is 12.3. The van der Waals surface area contributed by atoms with Gasteiger partial charge in [-0.3, -0.25) is 0 Å². The first-order valence-electron chi connectivity index (χ1n) is 7.35. The molecule has 2 aromatic rings. The number of carbonyl (C=O) groups is 1. The number of hydrogen-bond acceptors (Lipinski definition) is 3. The highest BCUT2D eigenvalue weighted by atomic mass is 16.4. The molecule has 1 fully saturated rings. The predicted octanol–water partition coefficient (Wildman–Crippen LogP) is 2.73. The van der Waals surface area contributed by atoms with Gasteiger partial charge in [0.05, 0.1) is 28.7 Å². The molecule has 0 atom stereocenters. The summed E-state index contributed by atoms with van der Waals surface area (Å²) >= 11 is 0. The average Bonchev–Trinajstić information content (AvgIpc) is 2.78. The Morgan fingerprint density at radius 3 is 2.62 bits per heavy atom. The molecular weight excluding hydrogens is 268 g/mol. The average molecular weight is 288 g/mol. The van der Waals surface area contributed by atoms with Crippen LogP contribution < -0.4 is 0 Å². The molecule has 0 aliphatic heterocycles. The number of hydrogen-bond donors (Lipinski definition) is 2. The molecule has 1 saturated carbocycles. The first kappa shape index (κ1) is 14.1. The molecule has 21 heavy (non-hydrogen) atoms. The van der Waals surface area contributed by atoms with Crippen molar-refractivity contribution in [2.75, 3.05) is 6.61 Å². The summed E-state index contributed by atoms with van der Waals surface area (Å²) in [5.74, 6) is 0.193. The summed E-state index contributed by atoms with van der Waals surface area (Å²) in [6.45, 7) is 4.20. The molecule has 0 saturated heterocycles. The number of fused-ring (bicyclic) bond motifs is 1. The Kier molecular flexibility index (Phi) is 3.24. The minimum absolute atomic E-state index is 0.0650. The molecule has 3 rings (SSSR count). The maximum Gasteiger partial charge on any atom is 0.335 e. The first-order valence-corrected chi connectivity index (χ1v) is 7.35. The van der Waals surface area contributed by atoms with E-state index in [1.165, 1.54) is 0 Å². The van der Waals surface area contributed by atoms with E-state index in [1.807, 2.05) is 0 Å². The Labute approximate surface area is 123 Å². The van der Waals surface area contributed by atoms with E-state index in [9.17, 15) is 15.0 Å². The van der Waals surface area contributed by atoms with Crippen LogP contribution in [0.25, 0.3) is 11.0 Å². The molecule has 1 heterocycles. The van der Waals surface area contributed by atoms with Crippen LogP contribution in [-0.4, -0.2) is 32.3 Å². The molecule has 0 unspecified atom stereocenters. The largest absolute Gasteiger partial charge is 0.478 e. The van der Waals surface area contributed by atoms with Crippen molar-refractivity contribution in [2.45, 2.75) is 44.6 Å². The number of imidazole rings is 1. The van der Waals surface area contributed by atoms with Crippen molar-refractivity contribution in [3.05, 3.63) is 29.6 Å². The number of carboxylic acid groups (broad SMARTS) is 1. The van der Waals surface area contributed by atoms with Gasteiger partial charge in [-0.05, 0) is 37.5 Å². The first-order chi connectivity index (χ1) is 9.98. The van der Waals surface area contributed by atoms with Gasteiger partial charge in [0.2, 0.25) is 0 Å². The maximum absolute atomic E-state index is 11.2. The Balaban J connectivity index is 2.29. The molecule has 1 aliphatic carbocycles. The number of aliphatic hydroxyl groups excluding tert-OH is 1. The van der Waals surface area contributed by atoms with Crippen molar-refractivity contribution < 1.29 is 15.0 Å². The Morgan fingerprint density at radius 2 is 2.14 bits per heavy atom. The van der Waals surface area contributed by atoms with Gasteiger partial charge >= 0.3 is 5.97 Å². The van der Waals surface area contributed by atoms with Crippen molar-refractivity contribution in [1.29, 1.82) is 0 Å². The van der Waals surface area contributed by atoms with Gasteiger partial charge in [-0.1, -0.05) is 13.8 Å². The van der Waals surface area contributed by atoms with Gasteiger partial charge in [-0.15, -0.1) is 0 Å². The molecule has 112 valence electrons. The highest BCUT2D eigenvalue weighted by Crippen LogP contribution is 2.43. The van der Waals surface area contributed by atoms with E-state index in [0.717, 1.165) is 36.1 Å². The van der Waals surface area contributed by atoms with E-state index in [-0.39, 0.29) is 23.6 Å². The topological polar surface area (TPSA) is 75.3 Å². The normalized spacial score (nSPS) is 17.1. The number of benzene rings is 1. The van der Waals surface area contributed by atoms with Crippen molar-refractivity contribution in [2.24, 2.45) is 0 Å². The standard InChI is InChI=1S/C16H20N2O3/c1-10(2)14-17-12-5-4-11(15(20)21)8-13(12)18(14)16(9-19)6-3-7-16/h4-5,8,10,19H,3,6-7,9H2,1-2H3,(H,20,21). The molecule has 2 N–H and O–H groups in total. The smallest absolute Gasteiger partial charge is 0.335 e. The third kappa shape index (κ3) is 2.03. The lowest BCUT2D eigenvalue weighted by atomic mass is 9.76. The van der Waals surface area contributed by atoms with Crippen LogP contribution in [0.4, 0.5) is 0 Å². The number of aromatic carboxylic acids is 1. The van der Waals surface area contributed by atoms with Crippen LogP contribution in [0.2, 0.25) is 0 Å². The Bertz CT molecular complexity index is 693. The van der Waals surface area contributed by atoms with Gasteiger partial charge in [0, 0.05) is 5.92 Å². The number of aromatic nitrogens is 2. The van der Waals surface area contributed by atoms with Gasteiger partial charge in [-0.25, -0.2) is 9.78 Å². The summed E-state index contributed by atoms with van der Waals surface area (Å²) in [6, 6.07) is 5.01. The molecule has 5 nitrogen and oxygen atoms in total. The summed E-state index contributed by atoms with van der Waals surface area (Å²) in [7, 11) is 0. The van der Waals surface area contributed by atoms with E-state index in [1.54, 1.807) is 18.2 Å². The number of rotatable bonds is 4. The fourth-order valence-electron chi connectivity index (χ4n) is 3.15. The van der Waals surface area contributed by atoms with Gasteiger partial charge in [-0.2, -0.15) is 0 Å². The molecule has 0 amide bonds. The van der Waals surface area contributed by atoms with Crippen molar-refractivity contribution in [3.8, 4) is 0 Å². The highest BCUT2D eigenvalue weighted by Gasteiger charge is 2.41. The number of nitrogens with zero attached hydrogens (tertiary/aromatic N) is 2. The van der Waals surface area contributed by atoms with E-state index in [2.05, 4.69) is 23.4 Å². The molecule has 5 heteroatoms. The van der Waals surface area contributed by atoms with Crippen LogP contribution in [0, 0.1) is 0 Å². The second kappa shape index (κ2) is 4.84. The van der Waals surface area contributed by atoms with E-state index in [0.29, 0.717) is 0 Å². The lowest BCUT2D eigenvalue weighted by Gasteiger charge is -2.43. The van der Waals surface area contributed by atoms with Crippen molar-refractivity contribution in [1.82, 2.24) is 9.55 Å². The van der Waals surface area contributed by atoms with Crippen LogP contribution in [0.15, 0.2) is 18.2 Å². The number of aliphatic hydroxyl groups is 1. The molecule has 0 radical (unpaired) electrons. The lowest BCUT2D eigenvalue weighted by Crippen LogP contribution is -2.45. The summed E-state index contributed by atoms with van der Waals surface area (Å²) < 4.78 is 2.09. The van der Waals surface area contributed by atoms with Gasteiger partial charge in [0.25, 0.3) is 0 Å². The summed E-state index contributed by atoms with van der Waals surface area (Å²) in [4.78, 5) is 15.9. The zero-order chi connectivity index (χ0) is 15.2. The van der Waals surface area contributed by atoms with Crippen LogP contribution in [-0.2, 0) is 5.54 Å². The molecule has 1 aromatic heterocycles. The maximum atomic E-state index is 11.2. The predicted molar refractivity (Wildman–Crippen MR) is 79.7 cm³/mol. The SMILES string of the molecule is CC(C)c1nc2ccc(C(=O)O)cc2n1C1(CO)CCC1. The van der Waals surface area contributed by atoms with E-state index in [4.69, 9.17) is 0 Å². The summed E-state index contributed by atoms with van der Waals surface area (Å²) in [5, 5.41) is 19.1. The fraction of sp³-hybridized carbons (Fsp3) is 0.500. The highest BCUT2D eigenvalue weighted by molar-refractivity contribution is 5.92. The van der Waals surface area contributed by atoms with Crippen LogP contribution >= 0.6 is 0 Å². The van der Waals surface area contributed by atoms with Crippen molar-refractivity contribution >= 4 is 17.0 Å². The minimum atomic E-state index is -0.942. The van der Waals surface area contributed by atoms with Gasteiger partial charge in [0.1, 0.15) is 5.82 Å². The van der Waals surface area contributed by atoms with Gasteiger partial charge in [0.15, 0.2) is 0 Å². The third-order valence-electron chi connectivity index (χ3n) is 4.50. The Morgan fingerprint density at radius 1 is 1.43 bits per heavy atom. The van der Waals surface area contributed by atoms with Gasteiger partial charge < -0.3 is 14.8 Å². The Hall–Kier alpha value is -1.88. The van der Waals surface area contributed by atoms with Crippen LogP contribution in [0.3, 0.4) is 0 Å².